The first-order valence-electron chi connectivity index (χ1n) is 10.2. The first-order valence-corrected chi connectivity index (χ1v) is 10.2. The van der Waals surface area contributed by atoms with Gasteiger partial charge in [-0.1, -0.05) is 18.2 Å². The first-order chi connectivity index (χ1) is 14.7. The van der Waals surface area contributed by atoms with Crippen LogP contribution in [0.5, 0.6) is 0 Å². The van der Waals surface area contributed by atoms with E-state index in [9.17, 15) is 0 Å². The number of ether oxygens (including phenoxy) is 1. The number of halogens is 1. The minimum Gasteiger partial charge on any atom is -0.444 e. The second kappa shape index (κ2) is 11.2. The molecular weight excluding hydrogens is 509 g/mol. The SMILES string of the molecule is Cc1nnc(CNC(=NCc2coc(-c3ccccc3)n2)NCC2CCCO2)n1C.I. The summed E-state index contributed by atoms with van der Waals surface area (Å²) in [6.45, 7) is 4.37. The van der Waals surface area contributed by atoms with Crippen molar-refractivity contribution < 1.29 is 9.15 Å². The van der Waals surface area contributed by atoms with E-state index in [1.54, 1.807) is 6.26 Å². The van der Waals surface area contributed by atoms with Gasteiger partial charge in [0.15, 0.2) is 11.8 Å². The van der Waals surface area contributed by atoms with Gasteiger partial charge in [0, 0.05) is 25.8 Å². The minimum atomic E-state index is 0. The molecule has 3 aromatic rings. The van der Waals surface area contributed by atoms with Crippen molar-refractivity contribution in [2.24, 2.45) is 12.0 Å². The molecule has 0 saturated carbocycles. The van der Waals surface area contributed by atoms with Crippen LogP contribution in [0, 0.1) is 6.92 Å². The van der Waals surface area contributed by atoms with Gasteiger partial charge >= 0.3 is 0 Å². The summed E-state index contributed by atoms with van der Waals surface area (Å²) < 4.78 is 13.3. The highest BCUT2D eigenvalue weighted by atomic mass is 127. The van der Waals surface area contributed by atoms with Gasteiger partial charge in [-0.15, -0.1) is 34.2 Å². The maximum absolute atomic E-state index is 5.70. The fraction of sp³-hybridized carbons (Fsp3) is 0.429. The number of nitrogens with one attached hydrogen (secondary N) is 2. The highest BCUT2D eigenvalue weighted by Crippen LogP contribution is 2.18. The van der Waals surface area contributed by atoms with E-state index in [1.807, 2.05) is 48.9 Å². The minimum absolute atomic E-state index is 0. The number of aromatic nitrogens is 4. The van der Waals surface area contributed by atoms with Crippen molar-refractivity contribution >= 4 is 29.9 Å². The van der Waals surface area contributed by atoms with E-state index in [2.05, 4.69) is 30.8 Å². The Morgan fingerprint density at radius 2 is 2.06 bits per heavy atom. The van der Waals surface area contributed by atoms with E-state index in [4.69, 9.17) is 9.15 Å². The molecule has 2 N–H and O–H groups in total. The summed E-state index contributed by atoms with van der Waals surface area (Å²) in [4.78, 5) is 9.22. The summed E-state index contributed by atoms with van der Waals surface area (Å²) in [5.41, 5.74) is 1.71. The van der Waals surface area contributed by atoms with E-state index < -0.39 is 0 Å². The zero-order valence-corrected chi connectivity index (χ0v) is 20.1. The molecule has 10 heteroatoms. The quantitative estimate of drug-likeness (QED) is 0.272. The van der Waals surface area contributed by atoms with E-state index >= 15 is 0 Å². The second-order valence-corrected chi connectivity index (χ2v) is 7.27. The van der Waals surface area contributed by atoms with Crippen molar-refractivity contribution in [2.45, 2.75) is 39.0 Å². The molecule has 4 rings (SSSR count). The van der Waals surface area contributed by atoms with Crippen molar-refractivity contribution in [3.05, 3.63) is 53.9 Å². The van der Waals surface area contributed by atoms with Gasteiger partial charge in [-0.25, -0.2) is 9.98 Å². The van der Waals surface area contributed by atoms with Gasteiger partial charge in [0.25, 0.3) is 0 Å². The van der Waals surface area contributed by atoms with Gasteiger partial charge < -0.3 is 24.4 Å². The molecule has 1 aromatic carbocycles. The molecular formula is C21H28IN7O2. The van der Waals surface area contributed by atoms with Crippen LogP contribution < -0.4 is 10.6 Å². The molecule has 1 aliphatic rings. The summed E-state index contributed by atoms with van der Waals surface area (Å²) in [7, 11) is 1.95. The molecule has 31 heavy (non-hydrogen) atoms. The predicted octanol–water partition coefficient (Wildman–Crippen LogP) is 2.81. The number of rotatable bonds is 7. The number of oxazole rings is 1. The Bertz CT molecular complexity index is 981. The van der Waals surface area contributed by atoms with Crippen LogP contribution in [0.15, 0.2) is 46.0 Å². The number of guanidine groups is 1. The summed E-state index contributed by atoms with van der Waals surface area (Å²) in [5, 5.41) is 15.0. The Morgan fingerprint density at radius 1 is 1.23 bits per heavy atom. The Balaban J connectivity index is 0.00000272. The maximum Gasteiger partial charge on any atom is 0.226 e. The van der Waals surface area contributed by atoms with Crippen molar-refractivity contribution in [1.82, 2.24) is 30.4 Å². The lowest BCUT2D eigenvalue weighted by Crippen LogP contribution is -2.41. The predicted molar refractivity (Wildman–Crippen MR) is 128 cm³/mol. The Kier molecular flexibility index (Phi) is 8.41. The largest absolute Gasteiger partial charge is 0.444 e. The Labute approximate surface area is 198 Å². The van der Waals surface area contributed by atoms with Gasteiger partial charge in [0.05, 0.1) is 19.2 Å². The third kappa shape index (κ3) is 6.26. The number of nitrogens with zero attached hydrogens (tertiary/aromatic N) is 5. The zero-order chi connectivity index (χ0) is 20.8. The molecule has 1 saturated heterocycles. The zero-order valence-electron chi connectivity index (χ0n) is 17.7. The van der Waals surface area contributed by atoms with Crippen LogP contribution in [0.25, 0.3) is 11.5 Å². The number of aryl methyl sites for hydroxylation is 1. The Hall–Kier alpha value is -2.47. The standard InChI is InChI=1S/C21H27N7O2.HI/c1-15-26-27-19(28(15)2)13-24-21(23-12-18-9-6-10-29-18)22-11-17-14-30-20(25-17)16-7-4-3-5-8-16;/h3-5,7-8,14,18H,6,9-13H2,1-2H3,(H2,22,23,24);1H. The van der Waals surface area contributed by atoms with E-state index in [0.29, 0.717) is 31.5 Å². The van der Waals surface area contributed by atoms with E-state index in [-0.39, 0.29) is 30.1 Å². The van der Waals surface area contributed by atoms with Crippen molar-refractivity contribution in [3.8, 4) is 11.5 Å². The van der Waals surface area contributed by atoms with Crippen molar-refractivity contribution in [1.29, 1.82) is 0 Å². The number of hydrogen-bond donors (Lipinski definition) is 2. The van der Waals surface area contributed by atoms with E-state index in [0.717, 1.165) is 42.4 Å². The average molecular weight is 537 g/mol. The highest BCUT2D eigenvalue weighted by Gasteiger charge is 2.16. The lowest BCUT2D eigenvalue weighted by molar-refractivity contribution is 0.113. The highest BCUT2D eigenvalue weighted by molar-refractivity contribution is 14.0. The molecule has 0 bridgehead atoms. The van der Waals surface area contributed by atoms with Gasteiger partial charge in [0.1, 0.15) is 17.8 Å². The van der Waals surface area contributed by atoms with Crippen LogP contribution in [-0.4, -0.2) is 45.0 Å². The molecule has 2 aromatic heterocycles. The molecule has 1 fully saturated rings. The van der Waals surface area contributed by atoms with Crippen LogP contribution in [0.1, 0.15) is 30.2 Å². The molecule has 1 atom stereocenters. The lowest BCUT2D eigenvalue weighted by Gasteiger charge is -2.15. The maximum atomic E-state index is 5.70. The van der Waals surface area contributed by atoms with Crippen LogP contribution in [0.2, 0.25) is 0 Å². The number of benzene rings is 1. The summed E-state index contributed by atoms with van der Waals surface area (Å²) in [5.74, 6) is 2.98. The van der Waals surface area contributed by atoms with Gasteiger partial charge in [0.2, 0.25) is 5.89 Å². The summed E-state index contributed by atoms with van der Waals surface area (Å²) in [6.07, 6.45) is 4.03. The summed E-state index contributed by atoms with van der Waals surface area (Å²) in [6, 6.07) is 9.83. The van der Waals surface area contributed by atoms with Crippen LogP contribution in [0.4, 0.5) is 0 Å². The summed E-state index contributed by atoms with van der Waals surface area (Å²) >= 11 is 0. The topological polar surface area (TPSA) is 102 Å². The van der Waals surface area contributed by atoms with E-state index in [1.165, 1.54) is 0 Å². The molecule has 1 aliphatic heterocycles. The van der Waals surface area contributed by atoms with Crippen LogP contribution in [-0.2, 0) is 24.9 Å². The fourth-order valence-corrected chi connectivity index (χ4v) is 3.21. The van der Waals surface area contributed by atoms with Gasteiger partial charge in [-0.2, -0.15) is 0 Å². The first kappa shape index (κ1) is 23.2. The molecule has 0 radical (unpaired) electrons. The second-order valence-electron chi connectivity index (χ2n) is 7.27. The molecule has 0 aliphatic carbocycles. The van der Waals surface area contributed by atoms with Crippen LogP contribution >= 0.6 is 24.0 Å². The molecule has 9 nitrogen and oxygen atoms in total. The third-order valence-electron chi connectivity index (χ3n) is 5.09. The smallest absolute Gasteiger partial charge is 0.226 e. The Morgan fingerprint density at radius 3 is 2.77 bits per heavy atom. The van der Waals surface area contributed by atoms with Gasteiger partial charge in [-0.3, -0.25) is 0 Å². The lowest BCUT2D eigenvalue weighted by atomic mass is 10.2. The average Bonchev–Trinajstić information content (AvgIpc) is 3.52. The molecule has 3 heterocycles. The van der Waals surface area contributed by atoms with Gasteiger partial charge in [-0.05, 0) is 31.9 Å². The van der Waals surface area contributed by atoms with Crippen molar-refractivity contribution in [3.63, 3.8) is 0 Å². The monoisotopic (exact) mass is 537 g/mol. The number of aliphatic imine (C=N–C) groups is 1. The van der Waals surface area contributed by atoms with Crippen molar-refractivity contribution in [2.75, 3.05) is 13.2 Å². The normalized spacial score (nSPS) is 16.2. The fourth-order valence-electron chi connectivity index (χ4n) is 3.21. The molecule has 0 spiro atoms. The molecule has 166 valence electrons. The van der Waals surface area contributed by atoms with Crippen LogP contribution in [0.3, 0.4) is 0 Å². The molecule has 1 unspecified atom stereocenters. The molecule has 0 amide bonds. The number of hydrogen-bond acceptors (Lipinski definition) is 6. The third-order valence-corrected chi connectivity index (χ3v) is 5.09.